The second kappa shape index (κ2) is 7.78. The van der Waals surface area contributed by atoms with E-state index in [0.717, 1.165) is 44.7 Å². The van der Waals surface area contributed by atoms with Crippen molar-refractivity contribution in [1.29, 1.82) is 0 Å². The zero-order valence-corrected chi connectivity index (χ0v) is 14.9. The topological polar surface area (TPSA) is 41.4 Å². The molecule has 1 fully saturated rings. The van der Waals surface area contributed by atoms with Gasteiger partial charge in [-0.2, -0.15) is 5.10 Å². The fraction of sp³-hybridized carbons (Fsp3) is 0.474. The summed E-state index contributed by atoms with van der Waals surface area (Å²) in [4.78, 5) is 17.0. The maximum absolute atomic E-state index is 12.9. The molecule has 1 aromatic heterocycles. The summed E-state index contributed by atoms with van der Waals surface area (Å²) in [6, 6.07) is 8.65. The van der Waals surface area contributed by atoms with Crippen LogP contribution >= 0.6 is 0 Å². The summed E-state index contributed by atoms with van der Waals surface area (Å²) < 4.78 is 14.7. The predicted octanol–water partition coefficient (Wildman–Crippen LogP) is 2.60. The second-order valence-electron chi connectivity index (χ2n) is 6.77. The molecule has 134 valence electrons. The Bertz CT molecular complexity index is 702. The van der Waals surface area contributed by atoms with Crippen molar-refractivity contribution in [3.05, 3.63) is 53.6 Å². The smallest absolute Gasteiger partial charge is 0.272 e. The van der Waals surface area contributed by atoms with Crippen LogP contribution < -0.4 is 0 Å². The summed E-state index contributed by atoms with van der Waals surface area (Å²) in [5.41, 5.74) is 1.80. The molecule has 0 N–H and O–H groups in total. The van der Waals surface area contributed by atoms with E-state index in [0.29, 0.717) is 5.69 Å². The van der Waals surface area contributed by atoms with Gasteiger partial charge in [0, 0.05) is 45.0 Å². The molecule has 1 aliphatic heterocycles. The first-order valence-electron chi connectivity index (χ1n) is 8.84. The molecule has 0 aliphatic carbocycles. The second-order valence-corrected chi connectivity index (χ2v) is 6.77. The Hall–Kier alpha value is -2.21. The van der Waals surface area contributed by atoms with Gasteiger partial charge in [-0.15, -0.1) is 0 Å². The molecule has 3 rings (SSSR count). The zero-order chi connectivity index (χ0) is 17.8. The van der Waals surface area contributed by atoms with Crippen LogP contribution in [0.1, 0.15) is 35.9 Å². The average Bonchev–Trinajstić information content (AvgIpc) is 3.11. The molecule has 0 radical (unpaired) electrons. The Labute approximate surface area is 148 Å². The van der Waals surface area contributed by atoms with Gasteiger partial charge in [-0.1, -0.05) is 12.1 Å². The lowest BCUT2D eigenvalue weighted by atomic mass is 10.1. The fourth-order valence-corrected chi connectivity index (χ4v) is 3.17. The van der Waals surface area contributed by atoms with Crippen molar-refractivity contribution >= 4 is 5.91 Å². The van der Waals surface area contributed by atoms with Crippen molar-refractivity contribution in [2.24, 2.45) is 0 Å². The highest BCUT2D eigenvalue weighted by molar-refractivity contribution is 5.92. The van der Waals surface area contributed by atoms with E-state index in [-0.39, 0.29) is 17.8 Å². The van der Waals surface area contributed by atoms with Crippen molar-refractivity contribution in [3.63, 3.8) is 0 Å². The number of carbonyl (C=O) groups is 1. The van der Waals surface area contributed by atoms with Crippen LogP contribution in [0.2, 0.25) is 0 Å². The molecule has 6 heteroatoms. The highest BCUT2D eigenvalue weighted by Crippen LogP contribution is 2.13. The summed E-state index contributed by atoms with van der Waals surface area (Å²) in [6.07, 6.45) is 2.58. The highest BCUT2D eigenvalue weighted by Gasteiger charge is 2.24. The van der Waals surface area contributed by atoms with Crippen LogP contribution in [0.4, 0.5) is 4.39 Å². The van der Waals surface area contributed by atoms with Crippen molar-refractivity contribution in [2.75, 3.05) is 32.7 Å². The molecule has 1 aromatic carbocycles. The normalized spacial score (nSPS) is 15.8. The lowest BCUT2D eigenvalue weighted by molar-refractivity contribution is 0.0624. The third kappa shape index (κ3) is 4.25. The zero-order valence-electron chi connectivity index (χ0n) is 14.9. The van der Waals surface area contributed by atoms with Gasteiger partial charge in [-0.25, -0.2) is 4.39 Å². The molecule has 1 amide bonds. The number of nitrogens with zero attached hydrogens (tertiary/aromatic N) is 4. The molecule has 1 aliphatic rings. The number of amides is 1. The predicted molar refractivity (Wildman–Crippen MR) is 95.1 cm³/mol. The van der Waals surface area contributed by atoms with Crippen LogP contribution in [0, 0.1) is 5.82 Å². The van der Waals surface area contributed by atoms with Gasteiger partial charge in [0.25, 0.3) is 5.91 Å². The highest BCUT2D eigenvalue weighted by atomic mass is 19.1. The number of hydrogen-bond donors (Lipinski definition) is 0. The van der Waals surface area contributed by atoms with Crippen molar-refractivity contribution in [1.82, 2.24) is 19.6 Å². The van der Waals surface area contributed by atoms with E-state index in [1.54, 1.807) is 16.9 Å². The monoisotopic (exact) mass is 344 g/mol. The minimum atomic E-state index is -0.198. The van der Waals surface area contributed by atoms with E-state index in [2.05, 4.69) is 10.00 Å². The molecular weight excluding hydrogens is 319 g/mol. The number of benzene rings is 1. The van der Waals surface area contributed by atoms with Gasteiger partial charge in [-0.05, 0) is 44.0 Å². The van der Waals surface area contributed by atoms with Gasteiger partial charge in [0.2, 0.25) is 0 Å². The summed E-state index contributed by atoms with van der Waals surface area (Å²) in [5, 5.41) is 4.25. The van der Waals surface area contributed by atoms with E-state index >= 15 is 0 Å². The van der Waals surface area contributed by atoms with Gasteiger partial charge in [0.05, 0.1) is 0 Å². The van der Waals surface area contributed by atoms with Gasteiger partial charge in [-0.3, -0.25) is 14.4 Å². The van der Waals surface area contributed by atoms with E-state index in [9.17, 15) is 9.18 Å². The van der Waals surface area contributed by atoms with E-state index in [1.807, 2.05) is 30.9 Å². The number of halogens is 1. The average molecular weight is 344 g/mol. The fourth-order valence-electron chi connectivity index (χ4n) is 3.17. The van der Waals surface area contributed by atoms with Gasteiger partial charge < -0.3 is 4.90 Å². The van der Waals surface area contributed by atoms with Gasteiger partial charge in [0.15, 0.2) is 0 Å². The standard InChI is InChI=1S/C19H25FN4O/c1-15(2)24-18(7-9-21-24)19(25)23-13-11-22(12-14-23)10-8-16-3-5-17(20)6-4-16/h3-7,9,15H,8,10-14H2,1-2H3. The third-order valence-corrected chi connectivity index (χ3v) is 4.67. The number of carbonyl (C=O) groups excluding carboxylic acids is 1. The largest absolute Gasteiger partial charge is 0.335 e. The lowest BCUT2D eigenvalue weighted by Crippen LogP contribution is -2.49. The molecule has 2 aromatic rings. The summed E-state index contributed by atoms with van der Waals surface area (Å²) >= 11 is 0. The van der Waals surface area contributed by atoms with Crippen LogP contribution in [0.25, 0.3) is 0 Å². The summed E-state index contributed by atoms with van der Waals surface area (Å²) in [5.74, 6) is -0.138. The van der Waals surface area contributed by atoms with E-state index < -0.39 is 0 Å². The van der Waals surface area contributed by atoms with Crippen LogP contribution in [0.15, 0.2) is 36.5 Å². The summed E-state index contributed by atoms with van der Waals surface area (Å²) in [7, 11) is 0. The summed E-state index contributed by atoms with van der Waals surface area (Å²) in [6.45, 7) is 8.16. The van der Waals surface area contributed by atoms with Crippen LogP contribution in [0.3, 0.4) is 0 Å². The number of piperazine rings is 1. The Morgan fingerprint density at radius 1 is 1.12 bits per heavy atom. The van der Waals surface area contributed by atoms with Crippen molar-refractivity contribution < 1.29 is 9.18 Å². The van der Waals surface area contributed by atoms with Gasteiger partial charge in [0.1, 0.15) is 11.5 Å². The molecule has 0 saturated carbocycles. The van der Waals surface area contributed by atoms with Crippen molar-refractivity contribution in [2.45, 2.75) is 26.3 Å². The third-order valence-electron chi connectivity index (χ3n) is 4.67. The minimum Gasteiger partial charge on any atom is -0.335 e. The van der Waals surface area contributed by atoms with Gasteiger partial charge >= 0.3 is 0 Å². The molecule has 5 nitrogen and oxygen atoms in total. The number of hydrogen-bond acceptors (Lipinski definition) is 3. The first-order chi connectivity index (χ1) is 12.0. The molecule has 0 bridgehead atoms. The first kappa shape index (κ1) is 17.6. The lowest BCUT2D eigenvalue weighted by Gasteiger charge is -2.34. The Morgan fingerprint density at radius 3 is 2.44 bits per heavy atom. The van der Waals surface area contributed by atoms with Crippen LogP contribution in [-0.4, -0.2) is 58.2 Å². The molecule has 1 saturated heterocycles. The first-order valence-corrected chi connectivity index (χ1v) is 8.84. The van der Waals surface area contributed by atoms with Crippen LogP contribution in [0.5, 0.6) is 0 Å². The molecule has 2 heterocycles. The van der Waals surface area contributed by atoms with E-state index in [1.165, 1.54) is 12.1 Å². The van der Waals surface area contributed by atoms with E-state index in [4.69, 9.17) is 0 Å². The number of rotatable bonds is 5. The van der Waals surface area contributed by atoms with Crippen LogP contribution in [-0.2, 0) is 6.42 Å². The SMILES string of the molecule is CC(C)n1nccc1C(=O)N1CCN(CCc2ccc(F)cc2)CC1. The minimum absolute atomic E-state index is 0.0596. The quantitative estimate of drug-likeness (QED) is 0.837. The molecular formula is C19H25FN4O. The molecule has 0 unspecified atom stereocenters. The molecule has 0 spiro atoms. The Balaban J connectivity index is 1.50. The Kier molecular flexibility index (Phi) is 5.48. The molecule has 0 atom stereocenters. The number of aromatic nitrogens is 2. The molecule has 25 heavy (non-hydrogen) atoms. The van der Waals surface area contributed by atoms with Crippen molar-refractivity contribution in [3.8, 4) is 0 Å². The Morgan fingerprint density at radius 2 is 1.80 bits per heavy atom. The maximum atomic E-state index is 12.9. The maximum Gasteiger partial charge on any atom is 0.272 e.